The third-order valence-electron chi connectivity index (χ3n) is 4.89. The zero-order chi connectivity index (χ0) is 18.7. The van der Waals surface area contributed by atoms with E-state index in [-0.39, 0.29) is 5.41 Å². The maximum Gasteiger partial charge on any atom is 0.171 e. The Morgan fingerprint density at radius 1 is 1.12 bits per heavy atom. The number of nitrogens with zero attached hydrogens (tertiary/aromatic N) is 1. The van der Waals surface area contributed by atoms with Crippen LogP contribution in [0.4, 0.5) is 0 Å². The molecule has 2 aromatic carbocycles. The molecule has 0 fully saturated rings. The lowest BCUT2D eigenvalue weighted by Gasteiger charge is -2.30. The third kappa shape index (κ3) is 3.41. The van der Waals surface area contributed by atoms with Gasteiger partial charge in [0, 0.05) is 21.0 Å². The summed E-state index contributed by atoms with van der Waals surface area (Å²) >= 11 is 3.48. The van der Waals surface area contributed by atoms with Crippen LogP contribution in [-0.2, 0) is 5.41 Å². The number of halogens is 1. The van der Waals surface area contributed by atoms with E-state index in [0.29, 0.717) is 6.54 Å². The Hall–Kier alpha value is -2.11. The van der Waals surface area contributed by atoms with Gasteiger partial charge in [0.1, 0.15) is 5.75 Å². The number of methoxy groups -OCH3 is 1. The summed E-state index contributed by atoms with van der Waals surface area (Å²) in [4.78, 5) is 0. The Kier molecular flexibility index (Phi) is 5.49. The van der Waals surface area contributed by atoms with Gasteiger partial charge in [-0.05, 0) is 49.7 Å². The topological polar surface area (TPSA) is 61.3 Å². The van der Waals surface area contributed by atoms with Gasteiger partial charge in [0.25, 0.3) is 0 Å². The zero-order valence-electron chi connectivity index (χ0n) is 15.3. The van der Waals surface area contributed by atoms with E-state index in [1.807, 2.05) is 43.3 Å². The molecule has 0 aliphatic carbocycles. The molecule has 136 valence electrons. The Bertz CT molecular complexity index is 872. The first-order valence-corrected chi connectivity index (χ1v) is 9.36. The predicted octanol–water partition coefficient (Wildman–Crippen LogP) is 5.08. The maximum absolute atomic E-state index is 5.99. The van der Waals surface area contributed by atoms with Gasteiger partial charge in [-0.3, -0.25) is 0 Å². The van der Waals surface area contributed by atoms with Crippen LogP contribution in [0.1, 0.15) is 30.2 Å². The van der Waals surface area contributed by atoms with Gasteiger partial charge in [0.15, 0.2) is 5.76 Å². The van der Waals surface area contributed by atoms with E-state index in [1.165, 1.54) is 0 Å². The minimum atomic E-state index is -0.312. The van der Waals surface area contributed by atoms with Gasteiger partial charge >= 0.3 is 0 Å². The number of aromatic nitrogens is 1. The SMILES string of the molecule is COc1ccc(C(C)(CCN)c2c(C)noc2-c2ccc(Br)cc2)cc1. The molecule has 0 spiro atoms. The van der Waals surface area contributed by atoms with E-state index in [0.717, 1.165) is 44.8 Å². The van der Waals surface area contributed by atoms with Gasteiger partial charge in [-0.25, -0.2) is 0 Å². The highest BCUT2D eigenvalue weighted by Gasteiger charge is 2.35. The Morgan fingerprint density at radius 3 is 2.35 bits per heavy atom. The van der Waals surface area contributed by atoms with Gasteiger partial charge in [-0.15, -0.1) is 0 Å². The number of aryl methyl sites for hydroxylation is 1. The summed E-state index contributed by atoms with van der Waals surface area (Å²) in [6.07, 6.45) is 0.783. The molecule has 3 aromatic rings. The van der Waals surface area contributed by atoms with Crippen LogP contribution in [0.15, 0.2) is 57.5 Å². The highest BCUT2D eigenvalue weighted by molar-refractivity contribution is 9.10. The van der Waals surface area contributed by atoms with Crippen LogP contribution in [-0.4, -0.2) is 18.8 Å². The predicted molar refractivity (Wildman–Crippen MR) is 107 cm³/mol. The standard InChI is InChI=1S/C21H23BrN2O2/c1-14-19(20(26-24-14)15-4-8-17(22)9-5-15)21(2,12-13-23)16-6-10-18(25-3)11-7-16/h4-11H,12-13,23H2,1-3H3. The van der Waals surface area contributed by atoms with Crippen molar-refractivity contribution >= 4 is 15.9 Å². The van der Waals surface area contributed by atoms with Gasteiger partial charge < -0.3 is 15.0 Å². The Labute approximate surface area is 162 Å². The first kappa shape index (κ1) is 18.7. The van der Waals surface area contributed by atoms with E-state index in [2.05, 4.69) is 40.1 Å². The highest BCUT2D eigenvalue weighted by Crippen LogP contribution is 2.43. The molecule has 2 N–H and O–H groups in total. The molecule has 0 amide bonds. The van der Waals surface area contributed by atoms with E-state index in [9.17, 15) is 0 Å². The molecule has 0 aliphatic heterocycles. The molecule has 1 atom stereocenters. The molecule has 1 heterocycles. The first-order valence-electron chi connectivity index (χ1n) is 8.57. The summed E-state index contributed by atoms with van der Waals surface area (Å²) in [6.45, 7) is 4.75. The third-order valence-corrected chi connectivity index (χ3v) is 5.42. The van der Waals surface area contributed by atoms with Crippen molar-refractivity contribution in [1.82, 2.24) is 5.16 Å². The summed E-state index contributed by atoms with van der Waals surface area (Å²) < 4.78 is 12.1. The fraction of sp³-hybridized carbons (Fsp3) is 0.286. The van der Waals surface area contributed by atoms with Gasteiger partial charge in [-0.1, -0.05) is 52.3 Å². The maximum atomic E-state index is 5.99. The molecule has 3 rings (SSSR count). The van der Waals surface area contributed by atoms with Crippen LogP contribution in [0.3, 0.4) is 0 Å². The van der Waals surface area contributed by atoms with Crippen molar-refractivity contribution in [3.05, 3.63) is 69.8 Å². The second-order valence-corrected chi connectivity index (χ2v) is 7.49. The normalized spacial score (nSPS) is 13.4. The van der Waals surface area contributed by atoms with Gasteiger partial charge in [-0.2, -0.15) is 0 Å². The fourth-order valence-corrected chi connectivity index (χ4v) is 3.74. The lowest BCUT2D eigenvalue weighted by molar-refractivity contribution is 0.414. The number of hydrogen-bond acceptors (Lipinski definition) is 4. The van der Waals surface area contributed by atoms with E-state index in [1.54, 1.807) is 7.11 Å². The minimum absolute atomic E-state index is 0.312. The lowest BCUT2D eigenvalue weighted by Crippen LogP contribution is -2.28. The number of nitrogens with two attached hydrogens (primary N) is 1. The second kappa shape index (κ2) is 7.64. The van der Waals surface area contributed by atoms with Crippen LogP contribution >= 0.6 is 15.9 Å². The monoisotopic (exact) mass is 414 g/mol. The van der Waals surface area contributed by atoms with E-state index < -0.39 is 0 Å². The molecule has 0 aliphatic rings. The largest absolute Gasteiger partial charge is 0.497 e. The number of hydrogen-bond donors (Lipinski definition) is 1. The number of rotatable bonds is 6. The molecule has 0 bridgehead atoms. The molecule has 4 nitrogen and oxygen atoms in total. The van der Waals surface area contributed by atoms with Crippen LogP contribution < -0.4 is 10.5 Å². The number of ether oxygens (including phenoxy) is 1. The number of benzene rings is 2. The molecule has 0 radical (unpaired) electrons. The molecule has 0 saturated heterocycles. The van der Waals surface area contributed by atoms with Crippen molar-refractivity contribution in [2.45, 2.75) is 25.7 Å². The Balaban J connectivity index is 2.16. The van der Waals surface area contributed by atoms with E-state index >= 15 is 0 Å². The molecule has 1 unspecified atom stereocenters. The summed E-state index contributed by atoms with van der Waals surface area (Å²) in [5, 5.41) is 4.27. The average molecular weight is 415 g/mol. The van der Waals surface area contributed by atoms with Crippen molar-refractivity contribution in [1.29, 1.82) is 0 Å². The van der Waals surface area contributed by atoms with Crippen molar-refractivity contribution in [2.75, 3.05) is 13.7 Å². The summed E-state index contributed by atoms with van der Waals surface area (Å²) in [6, 6.07) is 16.2. The van der Waals surface area contributed by atoms with Crippen molar-refractivity contribution < 1.29 is 9.26 Å². The molecule has 26 heavy (non-hydrogen) atoms. The highest BCUT2D eigenvalue weighted by atomic mass is 79.9. The summed E-state index contributed by atoms with van der Waals surface area (Å²) in [5.74, 6) is 1.63. The van der Waals surface area contributed by atoms with Crippen molar-refractivity contribution in [2.24, 2.45) is 5.73 Å². The zero-order valence-corrected chi connectivity index (χ0v) is 16.8. The van der Waals surface area contributed by atoms with Crippen molar-refractivity contribution in [3.63, 3.8) is 0 Å². The van der Waals surface area contributed by atoms with Crippen LogP contribution in [0.25, 0.3) is 11.3 Å². The van der Waals surface area contributed by atoms with Gasteiger partial charge in [0.2, 0.25) is 0 Å². The average Bonchev–Trinajstić information content (AvgIpc) is 3.04. The fourth-order valence-electron chi connectivity index (χ4n) is 3.48. The van der Waals surface area contributed by atoms with Crippen LogP contribution in [0.2, 0.25) is 0 Å². The molecular weight excluding hydrogens is 392 g/mol. The smallest absolute Gasteiger partial charge is 0.171 e. The van der Waals surface area contributed by atoms with Crippen LogP contribution in [0, 0.1) is 6.92 Å². The van der Waals surface area contributed by atoms with Crippen LogP contribution in [0.5, 0.6) is 5.75 Å². The quantitative estimate of drug-likeness (QED) is 0.610. The summed E-state index contributed by atoms with van der Waals surface area (Å²) in [5.41, 5.74) is 9.80. The van der Waals surface area contributed by atoms with Crippen molar-refractivity contribution in [3.8, 4) is 17.1 Å². The summed E-state index contributed by atoms with van der Waals surface area (Å²) in [7, 11) is 1.67. The molecule has 1 aromatic heterocycles. The Morgan fingerprint density at radius 2 is 1.77 bits per heavy atom. The second-order valence-electron chi connectivity index (χ2n) is 6.58. The van der Waals surface area contributed by atoms with E-state index in [4.69, 9.17) is 15.0 Å². The minimum Gasteiger partial charge on any atom is -0.497 e. The molecule has 0 saturated carbocycles. The lowest BCUT2D eigenvalue weighted by atomic mass is 9.72. The molecular formula is C21H23BrN2O2. The molecule has 5 heteroatoms. The first-order chi connectivity index (χ1) is 12.5. The van der Waals surface area contributed by atoms with Gasteiger partial charge in [0.05, 0.1) is 12.8 Å².